The molecule has 0 aromatic heterocycles. The van der Waals surface area contributed by atoms with E-state index in [0.717, 1.165) is 0 Å². The maximum atomic E-state index is 13.0. The molecule has 0 heterocycles. The molecule has 9 heteroatoms. The molecule has 0 aliphatic carbocycles. The number of ketones is 1. The first-order valence-corrected chi connectivity index (χ1v) is 8.72. The summed E-state index contributed by atoms with van der Waals surface area (Å²) in [5, 5.41) is 0. The Labute approximate surface area is 174 Å². The molecule has 0 unspecified atom stereocenters. The number of benzene rings is 2. The predicted molar refractivity (Wildman–Crippen MR) is 107 cm³/mol. The number of ether oxygens (including phenoxy) is 7. The second-order valence-electron chi connectivity index (χ2n) is 5.88. The molecule has 0 atom stereocenters. The first-order valence-electron chi connectivity index (χ1n) is 8.72. The Balaban J connectivity index is 2.64. The van der Waals surface area contributed by atoms with E-state index in [4.69, 9.17) is 33.2 Å². The molecular formula is C21H24O9. The Morgan fingerprint density at radius 3 is 1.47 bits per heavy atom. The predicted octanol–water partition coefficient (Wildman–Crippen LogP) is 3.16. The molecule has 0 aliphatic rings. The van der Waals surface area contributed by atoms with Gasteiger partial charge in [0.25, 0.3) is 0 Å². The van der Waals surface area contributed by atoms with Crippen LogP contribution in [0.25, 0.3) is 0 Å². The summed E-state index contributed by atoms with van der Waals surface area (Å²) >= 11 is 0. The van der Waals surface area contributed by atoms with Gasteiger partial charge in [0.15, 0.2) is 28.8 Å². The zero-order chi connectivity index (χ0) is 22.4. The van der Waals surface area contributed by atoms with Gasteiger partial charge in [0, 0.05) is 6.07 Å². The Morgan fingerprint density at radius 2 is 1.07 bits per heavy atom. The molecule has 0 amide bonds. The third-order valence-electron chi connectivity index (χ3n) is 4.26. The molecule has 0 fully saturated rings. The maximum Gasteiger partial charge on any atom is 0.343 e. The van der Waals surface area contributed by atoms with Crippen molar-refractivity contribution in [2.75, 3.05) is 42.7 Å². The van der Waals surface area contributed by atoms with Crippen LogP contribution in [0.1, 0.15) is 27.6 Å². The largest absolute Gasteiger partial charge is 0.496 e. The molecule has 30 heavy (non-hydrogen) atoms. The SMILES string of the molecule is COc1cc(C(=O)Oc2c(OC)c(OC)cc(OC)c2C(C)=O)cc(OC)c1OC. The molecular weight excluding hydrogens is 396 g/mol. The van der Waals surface area contributed by atoms with Gasteiger partial charge in [0.2, 0.25) is 11.5 Å². The topological polar surface area (TPSA) is 98.8 Å². The molecule has 2 rings (SSSR count). The number of hydrogen-bond donors (Lipinski definition) is 0. The Bertz CT molecular complexity index is 925. The highest BCUT2D eigenvalue weighted by atomic mass is 16.6. The highest BCUT2D eigenvalue weighted by Crippen LogP contribution is 2.46. The standard InChI is InChI=1S/C21H24O9/c1-11(22)17-13(24-2)10-16(27-5)19(29-7)20(17)30-21(23)12-8-14(25-3)18(28-6)15(9-12)26-4/h8-10H,1-7H3. The number of methoxy groups -OCH3 is 6. The fourth-order valence-electron chi connectivity index (χ4n) is 2.88. The lowest BCUT2D eigenvalue weighted by Crippen LogP contribution is -2.14. The minimum Gasteiger partial charge on any atom is -0.496 e. The Morgan fingerprint density at radius 1 is 0.600 bits per heavy atom. The van der Waals surface area contributed by atoms with Crippen LogP contribution in [-0.4, -0.2) is 54.4 Å². The van der Waals surface area contributed by atoms with Crippen molar-refractivity contribution >= 4 is 11.8 Å². The van der Waals surface area contributed by atoms with Crippen LogP contribution in [0.4, 0.5) is 0 Å². The van der Waals surface area contributed by atoms with Crippen molar-refractivity contribution in [1.29, 1.82) is 0 Å². The minimum atomic E-state index is -0.787. The average Bonchev–Trinajstić information content (AvgIpc) is 2.76. The van der Waals surface area contributed by atoms with Crippen LogP contribution in [0, 0.1) is 0 Å². The van der Waals surface area contributed by atoms with Crippen LogP contribution >= 0.6 is 0 Å². The third kappa shape index (κ3) is 4.19. The maximum absolute atomic E-state index is 13.0. The van der Waals surface area contributed by atoms with E-state index in [1.807, 2.05) is 0 Å². The lowest BCUT2D eigenvalue weighted by atomic mass is 10.1. The first kappa shape index (κ1) is 22.7. The molecule has 0 aliphatic heterocycles. The van der Waals surface area contributed by atoms with E-state index in [1.165, 1.54) is 67.8 Å². The zero-order valence-corrected chi connectivity index (χ0v) is 17.9. The molecule has 0 saturated heterocycles. The second kappa shape index (κ2) is 9.73. The van der Waals surface area contributed by atoms with E-state index in [2.05, 4.69) is 0 Å². The van der Waals surface area contributed by atoms with Crippen molar-refractivity contribution in [2.45, 2.75) is 6.92 Å². The van der Waals surface area contributed by atoms with Gasteiger partial charge in [0.05, 0.1) is 48.2 Å². The first-order chi connectivity index (χ1) is 14.4. The van der Waals surface area contributed by atoms with Gasteiger partial charge < -0.3 is 33.2 Å². The fourth-order valence-corrected chi connectivity index (χ4v) is 2.88. The fraction of sp³-hybridized carbons (Fsp3) is 0.333. The summed E-state index contributed by atoms with van der Waals surface area (Å²) in [5.41, 5.74) is 0.138. The quantitative estimate of drug-likeness (QED) is 0.344. The van der Waals surface area contributed by atoms with Crippen LogP contribution in [0.5, 0.6) is 40.2 Å². The Hall–Kier alpha value is -3.62. The number of carbonyl (C=O) groups excluding carboxylic acids is 2. The highest BCUT2D eigenvalue weighted by Gasteiger charge is 2.28. The van der Waals surface area contributed by atoms with Crippen molar-refractivity contribution in [3.63, 3.8) is 0 Å². The molecule has 2 aromatic carbocycles. The molecule has 0 radical (unpaired) electrons. The average molecular weight is 420 g/mol. The van der Waals surface area contributed by atoms with Gasteiger partial charge in [-0.2, -0.15) is 0 Å². The van der Waals surface area contributed by atoms with Gasteiger partial charge >= 0.3 is 5.97 Å². The van der Waals surface area contributed by atoms with Crippen molar-refractivity contribution in [1.82, 2.24) is 0 Å². The van der Waals surface area contributed by atoms with Crippen LogP contribution in [0.2, 0.25) is 0 Å². The number of carbonyl (C=O) groups is 2. The molecule has 9 nitrogen and oxygen atoms in total. The third-order valence-corrected chi connectivity index (χ3v) is 4.26. The van der Waals surface area contributed by atoms with E-state index in [1.54, 1.807) is 0 Å². The summed E-state index contributed by atoms with van der Waals surface area (Å²) in [4.78, 5) is 25.3. The smallest absolute Gasteiger partial charge is 0.343 e. The molecule has 0 N–H and O–H groups in total. The van der Waals surface area contributed by atoms with E-state index < -0.39 is 5.97 Å². The summed E-state index contributed by atoms with van der Waals surface area (Å²) < 4.78 is 37.3. The van der Waals surface area contributed by atoms with Gasteiger partial charge in [-0.05, 0) is 19.1 Å². The second-order valence-corrected chi connectivity index (χ2v) is 5.88. The molecule has 0 bridgehead atoms. The van der Waals surface area contributed by atoms with Gasteiger partial charge in [-0.25, -0.2) is 4.79 Å². The van der Waals surface area contributed by atoms with E-state index >= 15 is 0 Å². The van der Waals surface area contributed by atoms with E-state index in [-0.39, 0.29) is 51.4 Å². The lowest BCUT2D eigenvalue weighted by Gasteiger charge is -2.18. The Kier molecular flexibility index (Phi) is 7.35. The molecule has 162 valence electrons. The summed E-state index contributed by atoms with van der Waals surface area (Å²) in [6.07, 6.45) is 0. The van der Waals surface area contributed by atoms with Crippen molar-refractivity contribution in [3.05, 3.63) is 29.3 Å². The van der Waals surface area contributed by atoms with Crippen LogP contribution < -0.4 is 33.2 Å². The number of hydrogen-bond acceptors (Lipinski definition) is 9. The van der Waals surface area contributed by atoms with Gasteiger partial charge in [-0.15, -0.1) is 0 Å². The van der Waals surface area contributed by atoms with Crippen LogP contribution in [0.3, 0.4) is 0 Å². The van der Waals surface area contributed by atoms with Crippen molar-refractivity contribution in [2.24, 2.45) is 0 Å². The van der Waals surface area contributed by atoms with Gasteiger partial charge in [-0.1, -0.05) is 0 Å². The van der Waals surface area contributed by atoms with E-state index in [9.17, 15) is 9.59 Å². The van der Waals surface area contributed by atoms with Gasteiger partial charge in [-0.3, -0.25) is 4.79 Å². The van der Waals surface area contributed by atoms with Crippen LogP contribution in [0.15, 0.2) is 18.2 Å². The number of esters is 1. The summed E-state index contributed by atoms with van der Waals surface area (Å²) in [7, 11) is 8.47. The van der Waals surface area contributed by atoms with Crippen LogP contribution in [-0.2, 0) is 0 Å². The monoisotopic (exact) mass is 420 g/mol. The minimum absolute atomic E-state index is 0.0379. The van der Waals surface area contributed by atoms with Crippen molar-refractivity contribution in [3.8, 4) is 40.2 Å². The lowest BCUT2D eigenvalue weighted by molar-refractivity contribution is 0.0725. The molecule has 0 spiro atoms. The molecule has 0 saturated carbocycles. The highest BCUT2D eigenvalue weighted by molar-refractivity contribution is 6.03. The summed E-state index contributed by atoms with van der Waals surface area (Å²) in [5.74, 6) is 0.0353. The van der Waals surface area contributed by atoms with Gasteiger partial charge in [0.1, 0.15) is 11.3 Å². The normalized spacial score (nSPS) is 10.1. The zero-order valence-electron chi connectivity index (χ0n) is 17.9. The summed E-state index contributed by atoms with van der Waals surface area (Å²) in [6, 6.07) is 4.34. The number of Topliss-reactive ketones (excluding diaryl/α,β-unsaturated/α-hetero) is 1. The summed E-state index contributed by atoms with van der Waals surface area (Å²) in [6.45, 7) is 1.32. The number of rotatable bonds is 9. The van der Waals surface area contributed by atoms with E-state index in [0.29, 0.717) is 5.75 Å². The van der Waals surface area contributed by atoms with Crippen molar-refractivity contribution < 1.29 is 42.7 Å². The molecule has 2 aromatic rings.